The molecule has 0 aliphatic carbocycles. The standard InChI is InChI=1S/C13H26N2O3/c1-9(2)15(6)12(18)14-10(7-11(16)17)8-13(3,4)5/h9-10H,7-8H2,1-6H3,(H,14,18)(H,16,17). The minimum Gasteiger partial charge on any atom is -0.481 e. The van der Waals surface area contributed by atoms with Gasteiger partial charge in [0.25, 0.3) is 0 Å². The maximum absolute atomic E-state index is 11.9. The molecule has 0 bridgehead atoms. The predicted molar refractivity (Wildman–Crippen MR) is 71.5 cm³/mol. The number of hydrogen-bond acceptors (Lipinski definition) is 2. The van der Waals surface area contributed by atoms with E-state index in [0.717, 1.165) is 0 Å². The van der Waals surface area contributed by atoms with Gasteiger partial charge in [-0.15, -0.1) is 0 Å². The molecule has 2 amide bonds. The molecule has 0 fully saturated rings. The van der Waals surface area contributed by atoms with Gasteiger partial charge in [-0.25, -0.2) is 4.79 Å². The van der Waals surface area contributed by atoms with Crippen LogP contribution in [0.25, 0.3) is 0 Å². The van der Waals surface area contributed by atoms with Gasteiger partial charge in [-0.1, -0.05) is 20.8 Å². The molecular formula is C13H26N2O3. The fourth-order valence-corrected chi connectivity index (χ4v) is 1.64. The van der Waals surface area contributed by atoms with E-state index >= 15 is 0 Å². The molecule has 2 N–H and O–H groups in total. The van der Waals surface area contributed by atoms with Gasteiger partial charge in [0.05, 0.1) is 6.42 Å². The lowest BCUT2D eigenvalue weighted by Crippen LogP contribution is -2.47. The monoisotopic (exact) mass is 258 g/mol. The van der Waals surface area contributed by atoms with Crippen molar-refractivity contribution >= 4 is 12.0 Å². The molecule has 0 heterocycles. The van der Waals surface area contributed by atoms with Crippen LogP contribution in [0.4, 0.5) is 4.79 Å². The molecule has 0 radical (unpaired) electrons. The highest BCUT2D eigenvalue weighted by molar-refractivity contribution is 5.75. The fourth-order valence-electron chi connectivity index (χ4n) is 1.64. The number of carboxylic acids is 1. The second kappa shape index (κ2) is 6.61. The van der Waals surface area contributed by atoms with E-state index in [1.165, 1.54) is 0 Å². The summed E-state index contributed by atoms with van der Waals surface area (Å²) in [7, 11) is 1.70. The number of nitrogens with one attached hydrogen (secondary N) is 1. The molecule has 5 nitrogen and oxygen atoms in total. The molecule has 0 aliphatic heterocycles. The molecule has 1 atom stereocenters. The van der Waals surface area contributed by atoms with E-state index in [1.54, 1.807) is 11.9 Å². The Kier molecular flexibility index (Phi) is 6.15. The van der Waals surface area contributed by atoms with E-state index < -0.39 is 5.97 Å². The number of rotatable bonds is 5. The summed E-state index contributed by atoms with van der Waals surface area (Å²) in [5.74, 6) is -0.892. The largest absolute Gasteiger partial charge is 0.481 e. The summed E-state index contributed by atoms with van der Waals surface area (Å²) in [6.07, 6.45) is 0.589. The molecule has 106 valence electrons. The molecule has 0 saturated carbocycles. The van der Waals surface area contributed by atoms with Gasteiger partial charge in [0.15, 0.2) is 0 Å². The van der Waals surface area contributed by atoms with Crippen LogP contribution in [0.1, 0.15) is 47.5 Å². The Morgan fingerprint density at radius 2 is 1.78 bits per heavy atom. The van der Waals surface area contributed by atoms with Gasteiger partial charge in [-0.05, 0) is 25.7 Å². The normalized spacial score (nSPS) is 13.3. The summed E-state index contributed by atoms with van der Waals surface area (Å²) in [5, 5.41) is 11.7. The quantitative estimate of drug-likeness (QED) is 0.795. The lowest BCUT2D eigenvalue weighted by Gasteiger charge is -2.29. The molecule has 0 saturated heterocycles. The van der Waals surface area contributed by atoms with Crippen LogP contribution < -0.4 is 5.32 Å². The Hall–Kier alpha value is -1.26. The van der Waals surface area contributed by atoms with Crippen LogP contribution in [-0.2, 0) is 4.79 Å². The number of urea groups is 1. The number of hydrogen-bond donors (Lipinski definition) is 2. The van der Waals surface area contributed by atoms with Crippen LogP contribution in [0.5, 0.6) is 0 Å². The van der Waals surface area contributed by atoms with E-state index in [-0.39, 0.29) is 30.0 Å². The average Bonchev–Trinajstić information content (AvgIpc) is 2.11. The topological polar surface area (TPSA) is 69.6 Å². The average molecular weight is 258 g/mol. The summed E-state index contributed by atoms with van der Waals surface area (Å²) in [6.45, 7) is 9.91. The van der Waals surface area contributed by atoms with Crippen molar-refractivity contribution in [1.82, 2.24) is 10.2 Å². The van der Waals surface area contributed by atoms with Crippen LogP contribution in [0.2, 0.25) is 0 Å². The molecule has 1 unspecified atom stereocenters. The Morgan fingerprint density at radius 1 is 1.28 bits per heavy atom. The minimum atomic E-state index is -0.892. The predicted octanol–water partition coefficient (Wildman–Crippen LogP) is 2.32. The van der Waals surface area contributed by atoms with Crippen molar-refractivity contribution < 1.29 is 14.7 Å². The summed E-state index contributed by atoms with van der Waals surface area (Å²) < 4.78 is 0. The zero-order valence-corrected chi connectivity index (χ0v) is 12.3. The zero-order valence-electron chi connectivity index (χ0n) is 12.3. The molecule has 0 aromatic carbocycles. The van der Waals surface area contributed by atoms with Gasteiger partial charge in [-0.3, -0.25) is 4.79 Å². The van der Waals surface area contributed by atoms with E-state index in [1.807, 2.05) is 34.6 Å². The van der Waals surface area contributed by atoms with Gasteiger partial charge in [0, 0.05) is 19.1 Å². The summed E-state index contributed by atoms with van der Waals surface area (Å²) in [6, 6.07) is -0.471. The number of nitrogens with zero attached hydrogens (tertiary/aromatic N) is 1. The van der Waals surface area contributed by atoms with E-state index in [2.05, 4.69) is 5.32 Å². The zero-order chi connectivity index (χ0) is 14.5. The van der Waals surface area contributed by atoms with Crippen LogP contribution in [0, 0.1) is 5.41 Å². The highest BCUT2D eigenvalue weighted by Crippen LogP contribution is 2.22. The molecule has 0 aromatic rings. The molecule has 5 heteroatoms. The van der Waals surface area contributed by atoms with Crippen molar-refractivity contribution in [1.29, 1.82) is 0 Å². The van der Waals surface area contributed by atoms with Crippen molar-refractivity contribution in [3.8, 4) is 0 Å². The number of amides is 2. The molecule has 18 heavy (non-hydrogen) atoms. The van der Waals surface area contributed by atoms with Gasteiger partial charge in [0.1, 0.15) is 0 Å². The summed E-state index contributed by atoms with van der Waals surface area (Å²) in [5.41, 5.74) is -0.0240. The summed E-state index contributed by atoms with van der Waals surface area (Å²) >= 11 is 0. The first kappa shape index (κ1) is 16.7. The van der Waals surface area contributed by atoms with E-state index in [9.17, 15) is 9.59 Å². The fraction of sp³-hybridized carbons (Fsp3) is 0.846. The van der Waals surface area contributed by atoms with Crippen molar-refractivity contribution in [3.05, 3.63) is 0 Å². The van der Waals surface area contributed by atoms with Crippen molar-refractivity contribution in [2.24, 2.45) is 5.41 Å². The van der Waals surface area contributed by atoms with Crippen LogP contribution in [-0.4, -0.2) is 41.1 Å². The Balaban J connectivity index is 4.59. The SMILES string of the molecule is CC(C)N(C)C(=O)NC(CC(=O)O)CC(C)(C)C. The number of aliphatic carboxylic acids is 1. The van der Waals surface area contributed by atoms with Gasteiger partial charge in [0.2, 0.25) is 0 Å². The highest BCUT2D eigenvalue weighted by Gasteiger charge is 2.24. The van der Waals surface area contributed by atoms with Crippen molar-refractivity contribution in [3.63, 3.8) is 0 Å². The Labute approximate surface area is 110 Å². The summed E-state index contributed by atoms with van der Waals surface area (Å²) in [4.78, 5) is 24.3. The first-order valence-corrected chi connectivity index (χ1v) is 6.28. The maximum atomic E-state index is 11.9. The third-order valence-corrected chi connectivity index (χ3v) is 2.70. The number of carbonyl (C=O) groups excluding carboxylic acids is 1. The smallest absolute Gasteiger partial charge is 0.317 e. The van der Waals surface area contributed by atoms with E-state index in [4.69, 9.17) is 5.11 Å². The van der Waals surface area contributed by atoms with Crippen molar-refractivity contribution in [2.75, 3.05) is 7.05 Å². The maximum Gasteiger partial charge on any atom is 0.317 e. The molecule has 0 spiro atoms. The first-order valence-electron chi connectivity index (χ1n) is 6.28. The lowest BCUT2D eigenvalue weighted by molar-refractivity contribution is -0.137. The van der Waals surface area contributed by atoms with Crippen LogP contribution in [0.15, 0.2) is 0 Å². The lowest BCUT2D eigenvalue weighted by atomic mass is 9.87. The van der Waals surface area contributed by atoms with Crippen LogP contribution in [0.3, 0.4) is 0 Å². The Bertz CT molecular complexity index is 295. The molecule has 0 rings (SSSR count). The Morgan fingerprint density at radius 3 is 2.11 bits per heavy atom. The third kappa shape index (κ3) is 7.14. The van der Waals surface area contributed by atoms with Gasteiger partial charge in [-0.2, -0.15) is 0 Å². The van der Waals surface area contributed by atoms with Crippen LogP contribution >= 0.6 is 0 Å². The second-order valence-electron chi connectivity index (χ2n) is 6.21. The number of carbonyl (C=O) groups is 2. The first-order chi connectivity index (χ1) is 8.03. The second-order valence-corrected chi connectivity index (χ2v) is 6.21. The minimum absolute atomic E-state index is 0.0240. The highest BCUT2D eigenvalue weighted by atomic mass is 16.4. The number of carboxylic acid groups (broad SMARTS) is 1. The third-order valence-electron chi connectivity index (χ3n) is 2.70. The molecular weight excluding hydrogens is 232 g/mol. The van der Waals surface area contributed by atoms with Crippen molar-refractivity contribution in [2.45, 2.75) is 59.5 Å². The van der Waals surface area contributed by atoms with Gasteiger partial charge < -0.3 is 15.3 Å². The molecule has 0 aromatic heterocycles. The van der Waals surface area contributed by atoms with E-state index in [0.29, 0.717) is 6.42 Å². The molecule has 0 aliphatic rings. The van der Waals surface area contributed by atoms with Gasteiger partial charge >= 0.3 is 12.0 Å².